The summed E-state index contributed by atoms with van der Waals surface area (Å²) in [7, 11) is 0. The molecule has 1 rings (SSSR count). The second kappa shape index (κ2) is 5.67. The Balaban J connectivity index is 2.63. The molecule has 0 saturated heterocycles. The normalized spacial score (nSPS) is 9.73. The van der Waals surface area contributed by atoms with Crippen LogP contribution in [0.25, 0.3) is 0 Å². The second-order valence-electron chi connectivity index (χ2n) is 2.43. The van der Waals surface area contributed by atoms with Crippen LogP contribution in [0.15, 0.2) is 6.20 Å². The molecule has 1 aromatic rings. The van der Waals surface area contributed by atoms with Crippen LogP contribution in [0.1, 0.15) is 16.7 Å². The lowest BCUT2D eigenvalue weighted by atomic mass is 10.6. The van der Waals surface area contributed by atoms with Crippen molar-refractivity contribution in [2.45, 2.75) is 6.92 Å². The van der Waals surface area contributed by atoms with E-state index in [1.807, 2.05) is 0 Å². The molecule has 0 aliphatic carbocycles. The van der Waals surface area contributed by atoms with E-state index in [-0.39, 0.29) is 16.8 Å². The van der Waals surface area contributed by atoms with E-state index >= 15 is 0 Å². The maximum absolute atomic E-state index is 11.2. The van der Waals surface area contributed by atoms with Gasteiger partial charge in [0, 0.05) is 0 Å². The number of nitrogens with one attached hydrogen (secondary N) is 1. The number of esters is 1. The highest BCUT2D eigenvalue weighted by Gasteiger charge is 2.12. The van der Waals surface area contributed by atoms with Crippen LogP contribution in [-0.2, 0) is 9.53 Å². The van der Waals surface area contributed by atoms with Gasteiger partial charge in [-0.3, -0.25) is 4.79 Å². The highest BCUT2D eigenvalue weighted by molar-refractivity contribution is 7.17. The van der Waals surface area contributed by atoms with E-state index < -0.39 is 5.97 Å². The summed E-state index contributed by atoms with van der Waals surface area (Å²) in [6.07, 6.45) is 1.39. The van der Waals surface area contributed by atoms with Gasteiger partial charge in [0.1, 0.15) is 10.9 Å². The van der Waals surface area contributed by atoms with E-state index in [0.29, 0.717) is 11.6 Å². The van der Waals surface area contributed by atoms with Gasteiger partial charge in [-0.2, -0.15) is 0 Å². The molecule has 0 aliphatic rings. The molecule has 15 heavy (non-hydrogen) atoms. The maximum Gasteiger partial charge on any atom is 0.367 e. The molecule has 0 bridgehead atoms. The summed E-state index contributed by atoms with van der Waals surface area (Å²) in [5.74, 6) is -0.961. The monoisotopic (exact) mass is 248 g/mol. The molecule has 7 heteroatoms. The van der Waals surface area contributed by atoms with Gasteiger partial charge in [0.05, 0.1) is 12.8 Å². The Labute approximate surface area is 95.4 Å². The molecule has 0 radical (unpaired) electrons. The summed E-state index contributed by atoms with van der Waals surface area (Å²) in [5, 5.41) is 3.17. The van der Waals surface area contributed by atoms with Crippen molar-refractivity contribution < 1.29 is 14.3 Å². The molecule has 1 N–H and O–H groups in total. The highest BCUT2D eigenvalue weighted by Crippen LogP contribution is 2.19. The molecule has 0 spiro atoms. The predicted molar refractivity (Wildman–Crippen MR) is 57.4 cm³/mol. The Hall–Kier alpha value is -1.14. The average molecular weight is 249 g/mol. The number of hydrogen-bond donors (Lipinski definition) is 1. The zero-order chi connectivity index (χ0) is 11.3. The first-order valence-electron chi connectivity index (χ1n) is 4.16. The minimum absolute atomic E-state index is 0.132. The molecule has 0 atom stereocenters. The van der Waals surface area contributed by atoms with Gasteiger partial charge in [-0.25, -0.2) is 9.78 Å². The number of aromatic nitrogens is 1. The van der Waals surface area contributed by atoms with Gasteiger partial charge >= 0.3 is 5.97 Å². The summed E-state index contributed by atoms with van der Waals surface area (Å²) in [6, 6.07) is 0. The van der Waals surface area contributed by atoms with Crippen molar-refractivity contribution in [1.82, 2.24) is 4.98 Å². The van der Waals surface area contributed by atoms with Gasteiger partial charge in [-0.05, 0) is 6.92 Å². The second-order valence-corrected chi connectivity index (χ2v) is 3.73. The Morgan fingerprint density at radius 3 is 3.00 bits per heavy atom. The fourth-order valence-electron chi connectivity index (χ4n) is 0.790. The number of halogens is 1. The number of carbonyl (C=O) groups excluding carboxylic acids is 2. The van der Waals surface area contributed by atoms with Crippen molar-refractivity contribution in [2.75, 3.05) is 17.8 Å². The lowest BCUT2D eigenvalue weighted by molar-refractivity contribution is -0.113. The molecule has 0 fully saturated rings. The number of alkyl halides is 1. The van der Waals surface area contributed by atoms with Gasteiger partial charge in [0.2, 0.25) is 10.9 Å². The van der Waals surface area contributed by atoms with Crippen molar-refractivity contribution in [3.8, 4) is 0 Å². The standard InChI is InChI=1S/C8H9ClN2O3S/c1-2-14-8(13)7-10-4-6(15-7)11-5(12)3-9/h4H,2-3H2,1H3,(H,11,12). The summed E-state index contributed by atoms with van der Waals surface area (Å²) in [5.41, 5.74) is 0. The average Bonchev–Trinajstić information content (AvgIpc) is 2.66. The Morgan fingerprint density at radius 2 is 2.40 bits per heavy atom. The zero-order valence-electron chi connectivity index (χ0n) is 7.95. The SMILES string of the molecule is CCOC(=O)c1ncc(NC(=O)CCl)s1. The summed E-state index contributed by atoms with van der Waals surface area (Å²) >= 11 is 6.35. The van der Waals surface area contributed by atoms with Crippen LogP contribution in [-0.4, -0.2) is 29.3 Å². The lowest BCUT2D eigenvalue weighted by Crippen LogP contribution is -2.11. The summed E-state index contributed by atoms with van der Waals surface area (Å²) in [4.78, 5) is 25.9. The van der Waals surface area contributed by atoms with Gasteiger partial charge < -0.3 is 10.1 Å². The van der Waals surface area contributed by atoms with Crippen molar-refractivity contribution in [3.05, 3.63) is 11.2 Å². The van der Waals surface area contributed by atoms with Gasteiger partial charge in [0.15, 0.2) is 0 Å². The topological polar surface area (TPSA) is 68.3 Å². The largest absolute Gasteiger partial charge is 0.461 e. The number of hydrogen-bond acceptors (Lipinski definition) is 5. The van der Waals surface area contributed by atoms with Gasteiger partial charge in [0.25, 0.3) is 0 Å². The van der Waals surface area contributed by atoms with Crippen molar-refractivity contribution in [2.24, 2.45) is 0 Å². The smallest absolute Gasteiger partial charge is 0.367 e. The fraction of sp³-hybridized carbons (Fsp3) is 0.375. The number of ether oxygens (including phenoxy) is 1. The Kier molecular flexibility index (Phi) is 4.51. The highest BCUT2D eigenvalue weighted by atomic mass is 35.5. The molecular formula is C8H9ClN2O3S. The van der Waals surface area contributed by atoms with Crippen LogP contribution in [0.2, 0.25) is 0 Å². The first kappa shape index (κ1) is 11.9. The molecule has 0 aliphatic heterocycles. The number of carbonyl (C=O) groups is 2. The van der Waals surface area contributed by atoms with Crippen LogP contribution in [0.4, 0.5) is 5.00 Å². The van der Waals surface area contributed by atoms with Crippen LogP contribution in [0.5, 0.6) is 0 Å². The van der Waals surface area contributed by atoms with E-state index in [2.05, 4.69) is 10.3 Å². The van der Waals surface area contributed by atoms with Crippen LogP contribution in [0, 0.1) is 0 Å². The minimum atomic E-state index is -0.492. The molecule has 0 saturated carbocycles. The van der Waals surface area contributed by atoms with Gasteiger partial charge in [-0.15, -0.1) is 11.6 Å². The molecule has 1 heterocycles. The minimum Gasteiger partial charge on any atom is -0.461 e. The van der Waals surface area contributed by atoms with Gasteiger partial charge in [-0.1, -0.05) is 11.3 Å². The lowest BCUT2D eigenvalue weighted by Gasteiger charge is -1.96. The number of nitrogens with zero attached hydrogens (tertiary/aromatic N) is 1. The molecule has 82 valence electrons. The fourth-order valence-corrected chi connectivity index (χ4v) is 1.58. The van der Waals surface area contributed by atoms with E-state index in [9.17, 15) is 9.59 Å². The first-order valence-corrected chi connectivity index (χ1v) is 5.51. The maximum atomic E-state index is 11.2. The molecular weight excluding hydrogens is 240 g/mol. The van der Waals surface area contributed by atoms with E-state index in [4.69, 9.17) is 16.3 Å². The number of rotatable bonds is 4. The third kappa shape index (κ3) is 3.49. The van der Waals surface area contributed by atoms with Crippen molar-refractivity contribution in [3.63, 3.8) is 0 Å². The predicted octanol–water partition coefficient (Wildman–Crippen LogP) is 1.50. The quantitative estimate of drug-likeness (QED) is 0.648. The Bertz CT molecular complexity index is 367. The van der Waals surface area contributed by atoms with E-state index in [1.165, 1.54) is 6.20 Å². The number of anilines is 1. The van der Waals surface area contributed by atoms with Crippen LogP contribution in [0.3, 0.4) is 0 Å². The van der Waals surface area contributed by atoms with Crippen molar-refractivity contribution in [1.29, 1.82) is 0 Å². The molecule has 0 unspecified atom stereocenters. The third-order valence-electron chi connectivity index (χ3n) is 1.34. The van der Waals surface area contributed by atoms with Crippen LogP contribution >= 0.6 is 22.9 Å². The zero-order valence-corrected chi connectivity index (χ0v) is 9.52. The Morgan fingerprint density at radius 1 is 1.67 bits per heavy atom. The molecule has 0 aromatic carbocycles. The van der Waals surface area contributed by atoms with Crippen molar-refractivity contribution >= 4 is 39.8 Å². The van der Waals surface area contributed by atoms with E-state index in [0.717, 1.165) is 11.3 Å². The molecule has 1 amide bonds. The number of amides is 1. The number of thiazole rings is 1. The summed E-state index contributed by atoms with van der Waals surface area (Å²) < 4.78 is 4.74. The molecule has 1 aromatic heterocycles. The summed E-state index contributed by atoms with van der Waals surface area (Å²) in [6.45, 7) is 2.00. The molecule has 5 nitrogen and oxygen atoms in total. The first-order chi connectivity index (χ1) is 7.17. The third-order valence-corrected chi connectivity index (χ3v) is 2.48. The van der Waals surface area contributed by atoms with E-state index in [1.54, 1.807) is 6.92 Å². The van der Waals surface area contributed by atoms with Crippen LogP contribution < -0.4 is 5.32 Å².